The summed E-state index contributed by atoms with van der Waals surface area (Å²) in [4.78, 5) is 26.0. The molecule has 2 aromatic carbocycles. The van der Waals surface area contributed by atoms with E-state index in [0.717, 1.165) is 30.6 Å². The van der Waals surface area contributed by atoms with E-state index >= 15 is 0 Å². The molecule has 2 amide bonds. The van der Waals surface area contributed by atoms with Crippen molar-refractivity contribution in [3.8, 4) is 5.75 Å². The Balaban J connectivity index is 1.84. The molecule has 0 atom stereocenters. The van der Waals surface area contributed by atoms with E-state index in [9.17, 15) is 9.59 Å². The Kier molecular flexibility index (Phi) is 4.51. The summed E-state index contributed by atoms with van der Waals surface area (Å²) in [5, 5.41) is 2.89. The molecule has 0 bridgehead atoms. The van der Waals surface area contributed by atoms with Crippen LogP contribution < -0.4 is 15.0 Å². The second-order valence-corrected chi connectivity index (χ2v) is 5.80. The Labute approximate surface area is 141 Å². The van der Waals surface area contributed by atoms with Crippen molar-refractivity contribution in [2.45, 2.75) is 19.8 Å². The van der Waals surface area contributed by atoms with E-state index in [-0.39, 0.29) is 11.8 Å². The highest BCUT2D eigenvalue weighted by Gasteiger charge is 2.20. The topological polar surface area (TPSA) is 58.6 Å². The monoisotopic (exact) mass is 324 g/mol. The smallest absolute Gasteiger partial charge is 0.255 e. The number of fused-ring (bicyclic) bond motifs is 1. The molecule has 1 aliphatic heterocycles. The maximum absolute atomic E-state index is 12.4. The van der Waals surface area contributed by atoms with Crippen LogP contribution in [0.15, 0.2) is 42.5 Å². The van der Waals surface area contributed by atoms with Crippen LogP contribution in [-0.4, -0.2) is 25.5 Å². The Morgan fingerprint density at radius 3 is 2.75 bits per heavy atom. The predicted octanol–water partition coefficient (Wildman–Crippen LogP) is 3.25. The first kappa shape index (κ1) is 16.1. The number of methoxy groups -OCH3 is 1. The minimum atomic E-state index is -0.209. The van der Waals surface area contributed by atoms with Crippen LogP contribution in [0.5, 0.6) is 5.75 Å². The average Bonchev–Trinajstić information content (AvgIpc) is 2.61. The van der Waals surface area contributed by atoms with Crippen molar-refractivity contribution in [1.29, 1.82) is 0 Å². The molecule has 2 aromatic rings. The molecule has 0 fully saturated rings. The Hall–Kier alpha value is -2.82. The standard InChI is InChI=1S/C19H20N2O3/c1-13(22)21-10-4-6-14-8-9-16(12-18(14)21)20-19(23)15-5-3-7-17(11-15)24-2/h3,5,7-9,11-12H,4,6,10H2,1-2H3,(H,20,23). The Morgan fingerprint density at radius 1 is 1.17 bits per heavy atom. The molecule has 0 aliphatic carbocycles. The number of amides is 2. The van der Waals surface area contributed by atoms with Gasteiger partial charge in [-0.05, 0) is 48.7 Å². The van der Waals surface area contributed by atoms with Gasteiger partial charge in [-0.25, -0.2) is 0 Å². The summed E-state index contributed by atoms with van der Waals surface area (Å²) in [6, 6.07) is 12.7. The summed E-state index contributed by atoms with van der Waals surface area (Å²) < 4.78 is 5.15. The van der Waals surface area contributed by atoms with E-state index in [1.807, 2.05) is 18.2 Å². The van der Waals surface area contributed by atoms with Gasteiger partial charge in [0.25, 0.3) is 5.91 Å². The summed E-state index contributed by atoms with van der Waals surface area (Å²) in [5.41, 5.74) is 3.22. The summed E-state index contributed by atoms with van der Waals surface area (Å²) in [6.45, 7) is 2.28. The molecule has 5 heteroatoms. The average molecular weight is 324 g/mol. The number of benzene rings is 2. The van der Waals surface area contributed by atoms with Gasteiger partial charge >= 0.3 is 0 Å². The van der Waals surface area contributed by atoms with E-state index in [1.165, 1.54) is 0 Å². The maximum Gasteiger partial charge on any atom is 0.255 e. The largest absolute Gasteiger partial charge is 0.497 e. The lowest BCUT2D eigenvalue weighted by Gasteiger charge is -2.29. The number of ether oxygens (including phenoxy) is 1. The van der Waals surface area contributed by atoms with Gasteiger partial charge in [-0.3, -0.25) is 9.59 Å². The number of nitrogens with zero attached hydrogens (tertiary/aromatic N) is 1. The third kappa shape index (κ3) is 3.25. The quantitative estimate of drug-likeness (QED) is 0.943. The highest BCUT2D eigenvalue weighted by atomic mass is 16.5. The number of hydrogen-bond acceptors (Lipinski definition) is 3. The number of rotatable bonds is 3. The maximum atomic E-state index is 12.4. The van der Waals surface area contributed by atoms with Crippen molar-refractivity contribution >= 4 is 23.2 Å². The summed E-state index contributed by atoms with van der Waals surface area (Å²) in [7, 11) is 1.57. The summed E-state index contributed by atoms with van der Waals surface area (Å²) >= 11 is 0. The van der Waals surface area contributed by atoms with E-state index < -0.39 is 0 Å². The van der Waals surface area contributed by atoms with Crippen LogP contribution in [-0.2, 0) is 11.2 Å². The van der Waals surface area contributed by atoms with Crippen LogP contribution in [0.1, 0.15) is 29.3 Å². The zero-order chi connectivity index (χ0) is 17.1. The second-order valence-electron chi connectivity index (χ2n) is 5.80. The molecule has 0 spiro atoms. The third-order valence-corrected chi connectivity index (χ3v) is 4.17. The SMILES string of the molecule is COc1cccc(C(=O)Nc2ccc3c(c2)N(C(C)=O)CCC3)c1. The lowest BCUT2D eigenvalue weighted by Crippen LogP contribution is -2.33. The molecule has 0 radical (unpaired) electrons. The van der Waals surface area contributed by atoms with Crippen molar-refractivity contribution in [2.75, 3.05) is 23.9 Å². The van der Waals surface area contributed by atoms with Gasteiger partial charge in [-0.1, -0.05) is 12.1 Å². The van der Waals surface area contributed by atoms with Gasteiger partial charge in [0.05, 0.1) is 7.11 Å². The Morgan fingerprint density at radius 2 is 2.00 bits per heavy atom. The van der Waals surface area contributed by atoms with Crippen molar-refractivity contribution in [3.05, 3.63) is 53.6 Å². The molecule has 24 heavy (non-hydrogen) atoms. The molecule has 3 rings (SSSR count). The van der Waals surface area contributed by atoms with Gasteiger partial charge in [0.1, 0.15) is 5.75 Å². The molecular formula is C19H20N2O3. The predicted molar refractivity (Wildman–Crippen MR) is 93.7 cm³/mol. The van der Waals surface area contributed by atoms with Gasteiger partial charge < -0.3 is 15.0 Å². The van der Waals surface area contributed by atoms with E-state index in [0.29, 0.717) is 17.0 Å². The zero-order valence-corrected chi connectivity index (χ0v) is 13.8. The lowest BCUT2D eigenvalue weighted by molar-refractivity contribution is -0.116. The Bertz CT molecular complexity index is 786. The second kappa shape index (κ2) is 6.74. The first-order valence-corrected chi connectivity index (χ1v) is 7.95. The molecule has 0 saturated heterocycles. The van der Waals surface area contributed by atoms with Crippen molar-refractivity contribution < 1.29 is 14.3 Å². The molecule has 5 nitrogen and oxygen atoms in total. The molecule has 0 unspecified atom stereocenters. The normalized spacial score (nSPS) is 13.2. The lowest BCUT2D eigenvalue weighted by atomic mass is 10.0. The van der Waals surface area contributed by atoms with E-state index in [1.54, 1.807) is 43.2 Å². The molecular weight excluding hydrogens is 304 g/mol. The summed E-state index contributed by atoms with van der Waals surface area (Å²) in [5.74, 6) is 0.446. The number of aryl methyl sites for hydroxylation is 1. The van der Waals surface area contributed by atoms with Gasteiger partial charge in [0.2, 0.25) is 5.91 Å². The first-order chi connectivity index (χ1) is 11.6. The molecule has 1 heterocycles. The number of anilines is 2. The first-order valence-electron chi connectivity index (χ1n) is 7.95. The number of nitrogens with one attached hydrogen (secondary N) is 1. The van der Waals surface area contributed by atoms with E-state index in [2.05, 4.69) is 5.32 Å². The fourth-order valence-corrected chi connectivity index (χ4v) is 2.95. The van der Waals surface area contributed by atoms with Crippen LogP contribution in [0.2, 0.25) is 0 Å². The van der Waals surface area contributed by atoms with Crippen LogP contribution >= 0.6 is 0 Å². The van der Waals surface area contributed by atoms with Crippen LogP contribution in [0, 0.1) is 0 Å². The van der Waals surface area contributed by atoms with Gasteiger partial charge in [0.15, 0.2) is 0 Å². The van der Waals surface area contributed by atoms with Crippen molar-refractivity contribution in [3.63, 3.8) is 0 Å². The minimum Gasteiger partial charge on any atom is -0.497 e. The molecule has 0 saturated carbocycles. The van der Waals surface area contributed by atoms with E-state index in [4.69, 9.17) is 4.74 Å². The molecule has 1 aliphatic rings. The fraction of sp³-hybridized carbons (Fsp3) is 0.263. The van der Waals surface area contributed by atoms with Crippen LogP contribution in [0.4, 0.5) is 11.4 Å². The van der Waals surface area contributed by atoms with Crippen LogP contribution in [0.3, 0.4) is 0 Å². The number of carbonyl (C=O) groups is 2. The van der Waals surface area contributed by atoms with Gasteiger partial charge in [0, 0.05) is 30.4 Å². The molecule has 124 valence electrons. The third-order valence-electron chi connectivity index (χ3n) is 4.17. The highest BCUT2D eigenvalue weighted by Crippen LogP contribution is 2.30. The molecule has 0 aromatic heterocycles. The minimum absolute atomic E-state index is 0.0206. The van der Waals surface area contributed by atoms with Crippen molar-refractivity contribution in [2.24, 2.45) is 0 Å². The van der Waals surface area contributed by atoms with Crippen LogP contribution in [0.25, 0.3) is 0 Å². The fourth-order valence-electron chi connectivity index (χ4n) is 2.95. The summed E-state index contributed by atoms with van der Waals surface area (Å²) in [6.07, 6.45) is 1.91. The number of carbonyl (C=O) groups excluding carboxylic acids is 2. The van der Waals surface area contributed by atoms with Gasteiger partial charge in [-0.2, -0.15) is 0 Å². The molecule has 1 N–H and O–H groups in total. The highest BCUT2D eigenvalue weighted by molar-refractivity contribution is 6.05. The zero-order valence-electron chi connectivity index (χ0n) is 13.8. The number of hydrogen-bond donors (Lipinski definition) is 1. The van der Waals surface area contributed by atoms with Gasteiger partial charge in [-0.15, -0.1) is 0 Å². The van der Waals surface area contributed by atoms with Crippen molar-refractivity contribution in [1.82, 2.24) is 0 Å².